The predicted octanol–water partition coefficient (Wildman–Crippen LogP) is 1.91. The van der Waals surface area contributed by atoms with E-state index < -0.39 is 0 Å². The molecule has 0 aromatic carbocycles. The zero-order valence-corrected chi connectivity index (χ0v) is 12.1. The van der Waals surface area contributed by atoms with Gasteiger partial charge in [0.25, 0.3) is 0 Å². The molecule has 0 bridgehead atoms. The fourth-order valence-corrected chi connectivity index (χ4v) is 2.27. The molecule has 100 valence electrons. The molecule has 0 radical (unpaired) electrons. The van der Waals surface area contributed by atoms with Crippen molar-refractivity contribution in [3.8, 4) is 0 Å². The third-order valence-electron chi connectivity index (χ3n) is 3.57. The third kappa shape index (κ3) is 2.80. The summed E-state index contributed by atoms with van der Waals surface area (Å²) in [6, 6.07) is 0.646. The molecule has 4 nitrogen and oxygen atoms in total. The second-order valence-electron chi connectivity index (χ2n) is 6.37. The van der Waals surface area contributed by atoms with Crippen molar-refractivity contribution in [2.45, 2.75) is 38.6 Å². The summed E-state index contributed by atoms with van der Waals surface area (Å²) < 4.78 is 0. The maximum Gasteiger partial charge on any atom is 0.133 e. The number of hydrogen-bond acceptors (Lipinski definition) is 4. The highest BCUT2D eigenvalue weighted by Crippen LogP contribution is 2.23. The summed E-state index contributed by atoms with van der Waals surface area (Å²) in [7, 11) is 4.29. The lowest BCUT2D eigenvalue weighted by molar-refractivity contribution is 0.315. The van der Waals surface area contributed by atoms with Crippen LogP contribution in [0.25, 0.3) is 0 Å². The third-order valence-corrected chi connectivity index (χ3v) is 3.57. The molecule has 2 heterocycles. The first-order valence-corrected chi connectivity index (χ1v) is 6.62. The van der Waals surface area contributed by atoms with Gasteiger partial charge in [-0.25, -0.2) is 9.97 Å². The molecule has 1 aromatic rings. The summed E-state index contributed by atoms with van der Waals surface area (Å²) in [5.41, 5.74) is 1.17. The van der Waals surface area contributed by atoms with Crippen molar-refractivity contribution >= 4 is 5.69 Å². The minimum atomic E-state index is 0.0235. The molecule has 4 heteroatoms. The van der Waals surface area contributed by atoms with Crippen LogP contribution in [0.5, 0.6) is 0 Å². The predicted molar refractivity (Wildman–Crippen MR) is 75.0 cm³/mol. The van der Waals surface area contributed by atoms with E-state index in [9.17, 15) is 0 Å². The quantitative estimate of drug-likeness (QED) is 0.800. The van der Waals surface area contributed by atoms with Gasteiger partial charge in [0.15, 0.2) is 0 Å². The molecule has 2 rings (SSSR count). The second kappa shape index (κ2) is 4.84. The number of hydrogen-bond donors (Lipinski definition) is 0. The van der Waals surface area contributed by atoms with Gasteiger partial charge >= 0.3 is 0 Å². The molecule has 18 heavy (non-hydrogen) atoms. The molecule has 1 unspecified atom stereocenters. The summed E-state index contributed by atoms with van der Waals surface area (Å²) in [5.74, 6) is 0.912. The van der Waals surface area contributed by atoms with Crippen LogP contribution in [0.2, 0.25) is 0 Å². The van der Waals surface area contributed by atoms with E-state index in [1.54, 1.807) is 0 Å². The molecule has 0 saturated carbocycles. The molecular formula is C14H24N4. The second-order valence-corrected chi connectivity index (χ2v) is 6.37. The topological polar surface area (TPSA) is 32.3 Å². The Kier molecular flexibility index (Phi) is 3.57. The SMILES string of the molecule is CN(C)C1CCN(c2cnc(C(C)(C)C)nc2)C1. The van der Waals surface area contributed by atoms with Gasteiger partial charge in [-0.05, 0) is 20.5 Å². The molecule has 0 spiro atoms. The molecule has 1 saturated heterocycles. The van der Waals surface area contributed by atoms with Crippen molar-refractivity contribution in [1.82, 2.24) is 14.9 Å². The Labute approximate surface area is 110 Å². The lowest BCUT2D eigenvalue weighted by Gasteiger charge is -2.22. The maximum atomic E-state index is 4.50. The Balaban J connectivity index is 2.07. The van der Waals surface area contributed by atoms with Gasteiger partial charge in [0.1, 0.15) is 5.82 Å². The van der Waals surface area contributed by atoms with Gasteiger partial charge in [0, 0.05) is 24.5 Å². The largest absolute Gasteiger partial charge is 0.367 e. The van der Waals surface area contributed by atoms with Crippen LogP contribution in [0, 0.1) is 0 Å². The lowest BCUT2D eigenvalue weighted by atomic mass is 9.96. The van der Waals surface area contributed by atoms with Crippen molar-refractivity contribution in [2.75, 3.05) is 32.1 Å². The Bertz CT molecular complexity index is 391. The summed E-state index contributed by atoms with van der Waals surface area (Å²) in [6.45, 7) is 8.59. The van der Waals surface area contributed by atoms with Gasteiger partial charge in [-0.15, -0.1) is 0 Å². The summed E-state index contributed by atoms with van der Waals surface area (Å²) in [4.78, 5) is 13.7. The summed E-state index contributed by atoms with van der Waals surface area (Å²) >= 11 is 0. The molecule has 0 N–H and O–H groups in total. The van der Waals surface area contributed by atoms with Crippen LogP contribution in [-0.4, -0.2) is 48.1 Å². The van der Waals surface area contributed by atoms with E-state index in [0.29, 0.717) is 6.04 Å². The minimum absolute atomic E-state index is 0.0235. The van der Waals surface area contributed by atoms with Crippen molar-refractivity contribution in [1.29, 1.82) is 0 Å². The van der Waals surface area contributed by atoms with E-state index in [0.717, 1.165) is 24.6 Å². The van der Waals surface area contributed by atoms with Crippen LogP contribution < -0.4 is 4.90 Å². The van der Waals surface area contributed by atoms with Crippen LogP contribution in [0.15, 0.2) is 12.4 Å². The lowest BCUT2D eigenvalue weighted by Crippen LogP contribution is -2.31. The van der Waals surface area contributed by atoms with E-state index in [1.807, 2.05) is 12.4 Å². The molecule has 1 aromatic heterocycles. The zero-order valence-electron chi connectivity index (χ0n) is 12.1. The number of aromatic nitrogens is 2. The van der Waals surface area contributed by atoms with Crippen molar-refractivity contribution in [3.63, 3.8) is 0 Å². The van der Waals surface area contributed by atoms with E-state index >= 15 is 0 Å². The molecule has 1 fully saturated rings. The Hall–Kier alpha value is -1.16. The maximum absolute atomic E-state index is 4.50. The highest BCUT2D eigenvalue weighted by Gasteiger charge is 2.25. The van der Waals surface area contributed by atoms with Crippen LogP contribution in [0.4, 0.5) is 5.69 Å². The fraction of sp³-hybridized carbons (Fsp3) is 0.714. The van der Waals surface area contributed by atoms with Gasteiger partial charge in [-0.1, -0.05) is 20.8 Å². The number of rotatable bonds is 2. The Morgan fingerprint density at radius 1 is 1.22 bits per heavy atom. The normalized spacial score (nSPS) is 20.8. The molecule has 1 aliphatic rings. The first-order valence-electron chi connectivity index (χ1n) is 6.62. The van der Waals surface area contributed by atoms with E-state index in [4.69, 9.17) is 0 Å². The first-order chi connectivity index (χ1) is 8.38. The van der Waals surface area contributed by atoms with Gasteiger partial charge in [-0.2, -0.15) is 0 Å². The number of anilines is 1. The number of nitrogens with zero attached hydrogens (tertiary/aromatic N) is 4. The Morgan fingerprint density at radius 3 is 2.28 bits per heavy atom. The summed E-state index contributed by atoms with van der Waals surface area (Å²) in [6.07, 6.45) is 5.14. The Morgan fingerprint density at radius 2 is 1.83 bits per heavy atom. The van der Waals surface area contributed by atoms with Gasteiger partial charge in [-0.3, -0.25) is 0 Å². The molecular weight excluding hydrogens is 224 g/mol. The van der Waals surface area contributed by atoms with Gasteiger partial charge in [0.05, 0.1) is 18.1 Å². The van der Waals surface area contributed by atoms with Crippen molar-refractivity contribution in [2.24, 2.45) is 0 Å². The minimum Gasteiger partial charge on any atom is -0.367 e. The first kappa shape index (κ1) is 13.3. The van der Waals surface area contributed by atoms with Gasteiger partial charge < -0.3 is 9.80 Å². The van der Waals surface area contributed by atoms with Crippen molar-refractivity contribution in [3.05, 3.63) is 18.2 Å². The monoisotopic (exact) mass is 248 g/mol. The zero-order chi connectivity index (χ0) is 13.3. The van der Waals surface area contributed by atoms with Crippen LogP contribution >= 0.6 is 0 Å². The average Bonchev–Trinajstić information content (AvgIpc) is 2.77. The van der Waals surface area contributed by atoms with Crippen LogP contribution in [-0.2, 0) is 5.41 Å². The smallest absolute Gasteiger partial charge is 0.133 e. The van der Waals surface area contributed by atoms with E-state index in [2.05, 4.69) is 54.6 Å². The molecule has 1 aliphatic heterocycles. The van der Waals surface area contributed by atoms with Gasteiger partial charge in [0.2, 0.25) is 0 Å². The van der Waals surface area contributed by atoms with Crippen LogP contribution in [0.3, 0.4) is 0 Å². The summed E-state index contributed by atoms with van der Waals surface area (Å²) in [5, 5.41) is 0. The van der Waals surface area contributed by atoms with Crippen LogP contribution in [0.1, 0.15) is 33.0 Å². The fourth-order valence-electron chi connectivity index (χ4n) is 2.27. The van der Waals surface area contributed by atoms with Crippen molar-refractivity contribution < 1.29 is 0 Å². The average molecular weight is 248 g/mol. The van der Waals surface area contributed by atoms with E-state index in [-0.39, 0.29) is 5.41 Å². The molecule has 0 aliphatic carbocycles. The van der Waals surface area contributed by atoms with E-state index in [1.165, 1.54) is 6.42 Å². The number of likely N-dealkylation sites (N-methyl/N-ethyl adjacent to an activating group) is 1. The molecule has 1 atom stereocenters. The standard InChI is InChI=1S/C14H24N4/c1-14(2,3)13-15-8-12(9-16-13)18-7-6-11(10-18)17(4)5/h8-9,11H,6-7,10H2,1-5H3. The highest BCUT2D eigenvalue weighted by atomic mass is 15.2. The molecule has 0 amide bonds. The highest BCUT2D eigenvalue weighted by molar-refractivity contribution is 5.43.